The molecule has 1 aliphatic heterocycles. The molecule has 2 fully saturated rings. The second-order valence-corrected chi connectivity index (χ2v) is 5.84. The van der Waals surface area contributed by atoms with Gasteiger partial charge in [0, 0.05) is 12.5 Å². The third-order valence-electron chi connectivity index (χ3n) is 4.34. The lowest BCUT2D eigenvalue weighted by molar-refractivity contribution is -0.123. The number of hydrogen-bond acceptors (Lipinski definition) is 2. The van der Waals surface area contributed by atoms with Crippen LogP contribution in [0.4, 0.5) is 0 Å². The largest absolute Gasteiger partial charge is 0.353 e. The Balaban J connectivity index is 1.70. The number of carbonyl (C=O) groups excluding carboxylic acids is 1. The van der Waals surface area contributed by atoms with Crippen molar-refractivity contribution in [3.63, 3.8) is 0 Å². The maximum atomic E-state index is 11.8. The van der Waals surface area contributed by atoms with Crippen molar-refractivity contribution >= 4 is 5.91 Å². The standard InChI is InChI=1S/C14H26N2O/c1-11(13-6-4-2-3-5-7-13)16-14(17)8-12-9-15-10-12/h11-13,15H,2-10H2,1H3,(H,16,17)/t11-/m0/s1. The molecule has 1 aliphatic carbocycles. The highest BCUT2D eigenvalue weighted by molar-refractivity contribution is 5.76. The summed E-state index contributed by atoms with van der Waals surface area (Å²) in [6.45, 7) is 4.23. The van der Waals surface area contributed by atoms with E-state index in [9.17, 15) is 4.79 Å². The van der Waals surface area contributed by atoms with Gasteiger partial charge in [0.15, 0.2) is 0 Å². The molecule has 2 rings (SSSR count). The number of carbonyl (C=O) groups is 1. The van der Waals surface area contributed by atoms with Crippen molar-refractivity contribution in [2.24, 2.45) is 11.8 Å². The van der Waals surface area contributed by atoms with Gasteiger partial charge in [-0.3, -0.25) is 4.79 Å². The highest BCUT2D eigenvalue weighted by Gasteiger charge is 2.24. The Kier molecular flexibility index (Phi) is 4.84. The van der Waals surface area contributed by atoms with Crippen molar-refractivity contribution < 1.29 is 4.79 Å². The minimum Gasteiger partial charge on any atom is -0.353 e. The second kappa shape index (κ2) is 6.39. The first-order valence-electron chi connectivity index (χ1n) is 7.26. The van der Waals surface area contributed by atoms with E-state index in [1.807, 2.05) is 0 Å². The van der Waals surface area contributed by atoms with E-state index in [2.05, 4.69) is 17.6 Å². The molecule has 1 saturated carbocycles. The summed E-state index contributed by atoms with van der Waals surface area (Å²) in [6.07, 6.45) is 8.76. The van der Waals surface area contributed by atoms with E-state index in [-0.39, 0.29) is 5.91 Å². The minimum absolute atomic E-state index is 0.258. The minimum atomic E-state index is 0.258. The van der Waals surface area contributed by atoms with Gasteiger partial charge >= 0.3 is 0 Å². The predicted molar refractivity (Wildman–Crippen MR) is 69.8 cm³/mol. The van der Waals surface area contributed by atoms with Crippen LogP contribution in [0.1, 0.15) is 51.9 Å². The van der Waals surface area contributed by atoms with Gasteiger partial charge in [-0.2, -0.15) is 0 Å². The number of rotatable bonds is 4. The van der Waals surface area contributed by atoms with Crippen LogP contribution in [0.15, 0.2) is 0 Å². The Morgan fingerprint density at radius 3 is 2.41 bits per heavy atom. The predicted octanol–water partition coefficient (Wildman–Crippen LogP) is 2.07. The summed E-state index contributed by atoms with van der Waals surface area (Å²) >= 11 is 0. The monoisotopic (exact) mass is 238 g/mol. The maximum Gasteiger partial charge on any atom is 0.220 e. The van der Waals surface area contributed by atoms with Gasteiger partial charge in [0.25, 0.3) is 0 Å². The fraction of sp³-hybridized carbons (Fsp3) is 0.929. The summed E-state index contributed by atoms with van der Waals surface area (Å²) in [7, 11) is 0. The Labute approximate surface area is 105 Å². The smallest absolute Gasteiger partial charge is 0.220 e. The van der Waals surface area contributed by atoms with Crippen molar-refractivity contribution in [1.29, 1.82) is 0 Å². The molecule has 1 amide bonds. The highest BCUT2D eigenvalue weighted by atomic mass is 16.1. The topological polar surface area (TPSA) is 41.1 Å². The van der Waals surface area contributed by atoms with Crippen molar-refractivity contribution in [1.82, 2.24) is 10.6 Å². The Hall–Kier alpha value is -0.570. The molecular formula is C14H26N2O. The van der Waals surface area contributed by atoms with Gasteiger partial charge in [0.1, 0.15) is 0 Å². The molecule has 98 valence electrons. The van der Waals surface area contributed by atoms with Gasteiger partial charge in [-0.1, -0.05) is 25.7 Å². The average molecular weight is 238 g/mol. The molecule has 17 heavy (non-hydrogen) atoms. The molecule has 2 N–H and O–H groups in total. The van der Waals surface area contributed by atoms with Crippen LogP contribution in [0.25, 0.3) is 0 Å². The molecule has 0 radical (unpaired) electrons. The summed E-state index contributed by atoms with van der Waals surface area (Å²) in [5.74, 6) is 1.55. The summed E-state index contributed by atoms with van der Waals surface area (Å²) in [4.78, 5) is 11.8. The summed E-state index contributed by atoms with van der Waals surface area (Å²) in [5, 5.41) is 6.42. The third kappa shape index (κ3) is 3.98. The van der Waals surface area contributed by atoms with E-state index in [1.54, 1.807) is 0 Å². The molecule has 1 atom stereocenters. The van der Waals surface area contributed by atoms with Gasteiger partial charge in [-0.15, -0.1) is 0 Å². The fourth-order valence-electron chi connectivity index (χ4n) is 3.00. The molecule has 2 aliphatic rings. The number of amides is 1. The van der Waals surface area contributed by atoms with E-state index >= 15 is 0 Å². The van der Waals surface area contributed by atoms with Gasteiger partial charge in [0.2, 0.25) is 5.91 Å². The molecule has 1 heterocycles. The molecule has 0 bridgehead atoms. The molecule has 0 aromatic carbocycles. The number of hydrogen-bond donors (Lipinski definition) is 2. The third-order valence-corrected chi connectivity index (χ3v) is 4.34. The maximum absolute atomic E-state index is 11.8. The van der Waals surface area contributed by atoms with Crippen molar-refractivity contribution in [3.05, 3.63) is 0 Å². The van der Waals surface area contributed by atoms with Crippen LogP contribution in [0.5, 0.6) is 0 Å². The average Bonchev–Trinajstić information content (AvgIpc) is 2.52. The molecule has 0 aromatic heterocycles. The Morgan fingerprint density at radius 2 is 1.88 bits per heavy atom. The molecule has 3 nitrogen and oxygen atoms in total. The van der Waals surface area contributed by atoms with Crippen LogP contribution in [0, 0.1) is 11.8 Å². The van der Waals surface area contributed by atoms with E-state index in [0.717, 1.165) is 13.1 Å². The van der Waals surface area contributed by atoms with Gasteiger partial charge in [-0.25, -0.2) is 0 Å². The Morgan fingerprint density at radius 1 is 1.24 bits per heavy atom. The van der Waals surface area contributed by atoms with Crippen molar-refractivity contribution in [3.8, 4) is 0 Å². The zero-order valence-electron chi connectivity index (χ0n) is 11.0. The van der Waals surface area contributed by atoms with Crippen LogP contribution in [-0.4, -0.2) is 25.0 Å². The van der Waals surface area contributed by atoms with Gasteiger partial charge in [-0.05, 0) is 44.7 Å². The normalized spacial score (nSPS) is 24.8. The van der Waals surface area contributed by atoms with E-state index in [4.69, 9.17) is 0 Å². The second-order valence-electron chi connectivity index (χ2n) is 5.84. The molecule has 0 aromatic rings. The zero-order valence-corrected chi connectivity index (χ0v) is 11.0. The SMILES string of the molecule is C[C@H](NC(=O)CC1CNC1)C1CCCCCC1. The van der Waals surface area contributed by atoms with Gasteiger partial charge < -0.3 is 10.6 Å². The quantitative estimate of drug-likeness (QED) is 0.736. The molecule has 0 spiro atoms. The van der Waals surface area contributed by atoms with Gasteiger partial charge in [0.05, 0.1) is 0 Å². The highest BCUT2D eigenvalue weighted by Crippen LogP contribution is 2.25. The molecule has 1 saturated heterocycles. The summed E-state index contributed by atoms with van der Waals surface area (Å²) < 4.78 is 0. The lowest BCUT2D eigenvalue weighted by atomic mass is 9.92. The van der Waals surface area contributed by atoms with E-state index < -0.39 is 0 Å². The molecule has 0 unspecified atom stereocenters. The van der Waals surface area contributed by atoms with Crippen LogP contribution < -0.4 is 10.6 Å². The van der Waals surface area contributed by atoms with Crippen LogP contribution in [0.3, 0.4) is 0 Å². The lowest BCUT2D eigenvalue weighted by Crippen LogP contribution is -2.46. The van der Waals surface area contributed by atoms with Crippen molar-refractivity contribution in [2.75, 3.05) is 13.1 Å². The Bertz CT molecular complexity index is 243. The first-order valence-corrected chi connectivity index (χ1v) is 7.26. The van der Waals surface area contributed by atoms with Crippen LogP contribution in [0.2, 0.25) is 0 Å². The first-order chi connectivity index (χ1) is 8.25. The van der Waals surface area contributed by atoms with E-state index in [1.165, 1.54) is 38.5 Å². The number of nitrogens with one attached hydrogen (secondary N) is 2. The van der Waals surface area contributed by atoms with Crippen molar-refractivity contribution in [2.45, 2.75) is 57.9 Å². The van der Waals surface area contributed by atoms with Crippen LogP contribution >= 0.6 is 0 Å². The van der Waals surface area contributed by atoms with Crippen LogP contribution in [-0.2, 0) is 4.79 Å². The first kappa shape index (κ1) is 12.9. The summed E-state index contributed by atoms with van der Waals surface area (Å²) in [5.41, 5.74) is 0. The zero-order chi connectivity index (χ0) is 12.1. The molecular weight excluding hydrogens is 212 g/mol. The lowest BCUT2D eigenvalue weighted by Gasteiger charge is -2.28. The fourth-order valence-corrected chi connectivity index (χ4v) is 3.00. The summed E-state index contributed by atoms with van der Waals surface area (Å²) in [6, 6.07) is 0.369. The van der Waals surface area contributed by atoms with E-state index in [0.29, 0.717) is 24.3 Å². The molecule has 3 heteroatoms.